The fraction of sp³-hybridized carbons (Fsp3) is 0.400. The van der Waals surface area contributed by atoms with Crippen molar-refractivity contribution < 1.29 is 24.1 Å². The molecule has 0 bridgehead atoms. The second kappa shape index (κ2) is 8.92. The number of benzene rings is 2. The SMILES string of the molecule is CC(C)=CCc1c(O)cc(C[C@@H](C)OCc2ccccc2)c2c1OC(C)(C)OC2=O. The highest BCUT2D eigenvalue weighted by atomic mass is 16.7. The summed E-state index contributed by atoms with van der Waals surface area (Å²) in [5, 5.41) is 10.7. The van der Waals surface area contributed by atoms with Gasteiger partial charge in [-0.05, 0) is 50.8 Å². The minimum absolute atomic E-state index is 0.113. The van der Waals surface area contributed by atoms with Gasteiger partial charge in [-0.25, -0.2) is 4.79 Å². The fourth-order valence-electron chi connectivity index (χ4n) is 3.46. The zero-order valence-electron chi connectivity index (χ0n) is 18.3. The van der Waals surface area contributed by atoms with Crippen LogP contribution in [0.15, 0.2) is 48.0 Å². The van der Waals surface area contributed by atoms with Gasteiger partial charge in [0.1, 0.15) is 17.1 Å². The van der Waals surface area contributed by atoms with E-state index >= 15 is 0 Å². The molecule has 160 valence electrons. The van der Waals surface area contributed by atoms with Gasteiger partial charge in [-0.15, -0.1) is 0 Å². The number of fused-ring (bicyclic) bond motifs is 1. The van der Waals surface area contributed by atoms with Crippen molar-refractivity contribution in [2.24, 2.45) is 0 Å². The van der Waals surface area contributed by atoms with Crippen LogP contribution < -0.4 is 4.74 Å². The molecule has 1 aliphatic heterocycles. The topological polar surface area (TPSA) is 65.0 Å². The minimum atomic E-state index is -1.09. The number of hydrogen-bond donors (Lipinski definition) is 1. The number of carbonyl (C=O) groups excluding carboxylic acids is 1. The highest BCUT2D eigenvalue weighted by Gasteiger charge is 2.38. The van der Waals surface area contributed by atoms with Crippen LogP contribution in [0.5, 0.6) is 11.5 Å². The number of ether oxygens (including phenoxy) is 3. The van der Waals surface area contributed by atoms with Crippen molar-refractivity contribution in [3.05, 3.63) is 70.3 Å². The number of esters is 1. The van der Waals surface area contributed by atoms with E-state index in [0.29, 0.717) is 41.9 Å². The lowest BCUT2D eigenvalue weighted by molar-refractivity contribution is -0.128. The van der Waals surface area contributed by atoms with Gasteiger partial charge >= 0.3 is 5.97 Å². The maximum absolute atomic E-state index is 12.8. The zero-order valence-corrected chi connectivity index (χ0v) is 18.3. The monoisotopic (exact) mass is 410 g/mol. The Labute approximate surface area is 178 Å². The fourth-order valence-corrected chi connectivity index (χ4v) is 3.46. The zero-order chi connectivity index (χ0) is 21.9. The number of cyclic esters (lactones) is 1. The molecule has 0 aliphatic carbocycles. The Morgan fingerprint density at radius 1 is 1.20 bits per heavy atom. The summed E-state index contributed by atoms with van der Waals surface area (Å²) >= 11 is 0. The summed E-state index contributed by atoms with van der Waals surface area (Å²) < 4.78 is 17.4. The lowest BCUT2D eigenvalue weighted by Gasteiger charge is -2.34. The Kier molecular flexibility index (Phi) is 6.52. The Balaban J connectivity index is 1.90. The molecule has 1 aliphatic rings. The van der Waals surface area contributed by atoms with Gasteiger partial charge in [0.25, 0.3) is 0 Å². The molecule has 5 heteroatoms. The first kappa shape index (κ1) is 21.9. The average Bonchev–Trinajstić information content (AvgIpc) is 2.65. The molecule has 2 aromatic carbocycles. The van der Waals surface area contributed by atoms with Crippen molar-refractivity contribution in [3.63, 3.8) is 0 Å². The highest BCUT2D eigenvalue weighted by Crippen LogP contribution is 2.42. The molecule has 0 radical (unpaired) electrons. The molecular weight excluding hydrogens is 380 g/mol. The van der Waals surface area contributed by atoms with E-state index in [1.54, 1.807) is 19.9 Å². The number of carbonyl (C=O) groups is 1. The molecule has 0 unspecified atom stereocenters. The first-order valence-electron chi connectivity index (χ1n) is 10.2. The molecular formula is C25H30O5. The number of phenols is 1. The first-order chi connectivity index (χ1) is 14.2. The van der Waals surface area contributed by atoms with Crippen LogP contribution in [0.4, 0.5) is 0 Å². The van der Waals surface area contributed by atoms with Crippen LogP contribution in [0.25, 0.3) is 0 Å². The molecule has 0 spiro atoms. The second-order valence-corrected chi connectivity index (χ2v) is 8.43. The van der Waals surface area contributed by atoms with Gasteiger partial charge in [0.05, 0.1) is 12.7 Å². The van der Waals surface area contributed by atoms with E-state index in [2.05, 4.69) is 0 Å². The van der Waals surface area contributed by atoms with Crippen molar-refractivity contribution in [1.82, 2.24) is 0 Å². The number of hydrogen-bond acceptors (Lipinski definition) is 5. The summed E-state index contributed by atoms with van der Waals surface area (Å²) in [7, 11) is 0. The molecule has 0 amide bonds. The predicted molar refractivity (Wildman–Crippen MR) is 116 cm³/mol. The summed E-state index contributed by atoms with van der Waals surface area (Å²) in [6.45, 7) is 9.78. The van der Waals surface area contributed by atoms with E-state index in [0.717, 1.165) is 11.1 Å². The largest absolute Gasteiger partial charge is 0.508 e. The Bertz CT molecular complexity index is 940. The van der Waals surface area contributed by atoms with Gasteiger partial charge < -0.3 is 19.3 Å². The van der Waals surface area contributed by atoms with Crippen LogP contribution in [0.3, 0.4) is 0 Å². The molecule has 30 heavy (non-hydrogen) atoms. The Morgan fingerprint density at radius 2 is 1.90 bits per heavy atom. The van der Waals surface area contributed by atoms with Gasteiger partial charge in [0.15, 0.2) is 0 Å². The van der Waals surface area contributed by atoms with Gasteiger partial charge in [0, 0.05) is 19.4 Å². The smallest absolute Gasteiger partial charge is 0.345 e. The van der Waals surface area contributed by atoms with E-state index in [4.69, 9.17) is 14.2 Å². The third-order valence-corrected chi connectivity index (χ3v) is 4.93. The summed E-state index contributed by atoms with van der Waals surface area (Å²) in [4.78, 5) is 12.8. The van der Waals surface area contributed by atoms with Crippen LogP contribution >= 0.6 is 0 Å². The second-order valence-electron chi connectivity index (χ2n) is 8.43. The van der Waals surface area contributed by atoms with Crippen molar-refractivity contribution in [2.75, 3.05) is 0 Å². The summed E-state index contributed by atoms with van der Waals surface area (Å²) in [6, 6.07) is 11.6. The molecule has 0 saturated carbocycles. The molecule has 1 atom stereocenters. The highest BCUT2D eigenvalue weighted by molar-refractivity contribution is 5.96. The van der Waals surface area contributed by atoms with Gasteiger partial charge in [-0.1, -0.05) is 42.0 Å². The number of aromatic hydroxyl groups is 1. The van der Waals surface area contributed by atoms with E-state index in [1.165, 1.54) is 0 Å². The van der Waals surface area contributed by atoms with Crippen LogP contribution in [-0.2, 0) is 28.9 Å². The summed E-state index contributed by atoms with van der Waals surface area (Å²) in [5.41, 5.74) is 3.82. The van der Waals surface area contributed by atoms with Gasteiger partial charge in [-0.3, -0.25) is 0 Å². The number of allylic oxidation sites excluding steroid dienone is 2. The summed E-state index contributed by atoms with van der Waals surface area (Å²) in [5.74, 6) is -1.02. The van der Waals surface area contributed by atoms with Gasteiger partial charge in [0.2, 0.25) is 5.79 Å². The molecule has 5 nitrogen and oxygen atoms in total. The van der Waals surface area contributed by atoms with Crippen molar-refractivity contribution in [2.45, 2.75) is 66.0 Å². The molecule has 2 aromatic rings. The molecule has 1 heterocycles. The van der Waals surface area contributed by atoms with Crippen LogP contribution in [0.1, 0.15) is 61.7 Å². The molecule has 0 aromatic heterocycles. The Morgan fingerprint density at radius 3 is 2.57 bits per heavy atom. The van der Waals surface area contributed by atoms with E-state index in [-0.39, 0.29) is 11.9 Å². The maximum atomic E-state index is 12.8. The van der Waals surface area contributed by atoms with E-state index in [9.17, 15) is 9.90 Å². The van der Waals surface area contributed by atoms with Gasteiger partial charge in [-0.2, -0.15) is 0 Å². The normalized spacial score (nSPS) is 15.6. The Hall–Kier alpha value is -2.79. The molecule has 3 rings (SSSR count). The number of phenolic OH excluding ortho intramolecular Hbond substituents is 1. The van der Waals surface area contributed by atoms with E-state index < -0.39 is 11.8 Å². The number of rotatable bonds is 7. The van der Waals surface area contributed by atoms with Crippen LogP contribution in [-0.4, -0.2) is 23.0 Å². The van der Waals surface area contributed by atoms with Crippen molar-refractivity contribution in [1.29, 1.82) is 0 Å². The molecule has 0 fully saturated rings. The third kappa shape index (κ3) is 5.22. The van der Waals surface area contributed by atoms with Crippen molar-refractivity contribution >= 4 is 5.97 Å². The molecule has 0 saturated heterocycles. The van der Waals surface area contributed by atoms with E-state index in [1.807, 2.05) is 57.2 Å². The minimum Gasteiger partial charge on any atom is -0.508 e. The third-order valence-electron chi connectivity index (χ3n) is 4.93. The summed E-state index contributed by atoms with van der Waals surface area (Å²) in [6.07, 6.45) is 2.75. The van der Waals surface area contributed by atoms with Crippen molar-refractivity contribution in [3.8, 4) is 11.5 Å². The predicted octanol–water partition coefficient (Wildman–Crippen LogP) is 5.33. The van der Waals surface area contributed by atoms with Crippen LogP contribution in [0, 0.1) is 0 Å². The standard InChI is InChI=1S/C25H30O5/c1-16(2)11-12-20-21(26)14-19(22-23(20)29-25(4,5)30-24(22)27)13-17(3)28-15-18-9-7-6-8-10-18/h6-11,14,17,26H,12-13,15H2,1-5H3/t17-/m1/s1. The first-order valence-corrected chi connectivity index (χ1v) is 10.2. The van der Waals surface area contributed by atoms with Crippen LogP contribution in [0.2, 0.25) is 0 Å². The lowest BCUT2D eigenvalue weighted by atomic mass is 9.94. The quantitative estimate of drug-likeness (QED) is 0.493. The average molecular weight is 411 g/mol. The maximum Gasteiger partial charge on any atom is 0.345 e. The molecule has 1 N–H and O–H groups in total. The lowest BCUT2D eigenvalue weighted by Crippen LogP contribution is -2.40.